The Morgan fingerprint density at radius 2 is 2.16 bits per heavy atom. The molecular formula is C14H14N5. The highest BCUT2D eigenvalue weighted by Gasteiger charge is 2.16. The van der Waals surface area contributed by atoms with E-state index in [1.54, 1.807) is 0 Å². The molecular weight excluding hydrogens is 238 g/mol. The van der Waals surface area contributed by atoms with Crippen molar-refractivity contribution in [2.45, 2.75) is 6.42 Å². The predicted octanol–water partition coefficient (Wildman–Crippen LogP) is 2.49. The van der Waals surface area contributed by atoms with Gasteiger partial charge in [0, 0.05) is 24.9 Å². The average molecular weight is 252 g/mol. The maximum atomic E-state index is 4.30. The number of anilines is 1. The number of pyridine rings is 1. The molecule has 1 aromatic carbocycles. The summed E-state index contributed by atoms with van der Waals surface area (Å²) in [6, 6.07) is 16.7. The van der Waals surface area contributed by atoms with Gasteiger partial charge in [-0.2, -0.15) is 0 Å². The summed E-state index contributed by atoms with van der Waals surface area (Å²) in [6.07, 6.45) is 2.68. The molecule has 0 spiro atoms. The second kappa shape index (κ2) is 5.48. The molecule has 0 bridgehead atoms. The van der Waals surface area contributed by atoms with Crippen LogP contribution in [0, 0.1) is 6.07 Å². The van der Waals surface area contributed by atoms with E-state index in [9.17, 15) is 0 Å². The molecule has 0 atom stereocenters. The Labute approximate surface area is 112 Å². The summed E-state index contributed by atoms with van der Waals surface area (Å²) in [5.74, 6) is 0. The lowest BCUT2D eigenvalue weighted by molar-refractivity contribution is 0.319. The van der Waals surface area contributed by atoms with Crippen molar-refractivity contribution in [2.75, 3.05) is 18.2 Å². The number of benzene rings is 1. The van der Waals surface area contributed by atoms with Crippen LogP contribution in [-0.4, -0.2) is 23.2 Å². The molecule has 0 aliphatic carbocycles. The molecule has 2 heterocycles. The van der Waals surface area contributed by atoms with Crippen LogP contribution in [0.4, 0.5) is 5.69 Å². The molecule has 1 aliphatic rings. The van der Waals surface area contributed by atoms with E-state index in [0.29, 0.717) is 6.67 Å². The van der Waals surface area contributed by atoms with Crippen molar-refractivity contribution in [1.82, 2.24) is 9.99 Å². The Hall–Kier alpha value is -2.43. The summed E-state index contributed by atoms with van der Waals surface area (Å²) in [6.45, 7) is 1.48. The zero-order valence-corrected chi connectivity index (χ0v) is 10.5. The SMILES string of the molecule is [c]1cccc(N2CN(CCc3ccccn3)N=N2)c1. The van der Waals surface area contributed by atoms with Crippen LogP contribution < -0.4 is 5.01 Å². The lowest BCUT2D eigenvalue weighted by Crippen LogP contribution is -2.26. The van der Waals surface area contributed by atoms with Gasteiger partial charge in [0.2, 0.25) is 0 Å². The first kappa shape index (κ1) is 11.6. The average Bonchev–Trinajstić information content (AvgIpc) is 2.96. The third-order valence-corrected chi connectivity index (χ3v) is 2.91. The van der Waals surface area contributed by atoms with E-state index in [1.165, 1.54) is 0 Å². The Morgan fingerprint density at radius 3 is 2.95 bits per heavy atom. The summed E-state index contributed by atoms with van der Waals surface area (Å²) in [7, 11) is 0. The minimum atomic E-state index is 0.671. The zero-order valence-electron chi connectivity index (χ0n) is 10.5. The molecule has 5 nitrogen and oxygen atoms in total. The van der Waals surface area contributed by atoms with E-state index < -0.39 is 0 Å². The molecule has 95 valence electrons. The number of nitrogens with zero attached hydrogens (tertiary/aromatic N) is 5. The quantitative estimate of drug-likeness (QED) is 0.839. The lowest BCUT2D eigenvalue weighted by atomic mass is 10.3. The fourth-order valence-electron chi connectivity index (χ4n) is 1.90. The summed E-state index contributed by atoms with van der Waals surface area (Å²) >= 11 is 0. The Kier molecular flexibility index (Phi) is 3.36. The van der Waals surface area contributed by atoms with Gasteiger partial charge in [-0.3, -0.25) is 9.99 Å². The standard InChI is InChI=1S/C14H14N5/c1-2-7-14(8-3-1)19-12-18(16-17-19)11-9-13-6-4-5-10-15-13/h1-2,4-8,10H,9,11-12H2. The summed E-state index contributed by atoms with van der Waals surface area (Å²) in [4.78, 5) is 4.30. The largest absolute Gasteiger partial charge is 0.261 e. The van der Waals surface area contributed by atoms with E-state index in [-0.39, 0.29) is 0 Å². The molecule has 3 rings (SSSR count). The molecule has 5 heteroatoms. The summed E-state index contributed by atoms with van der Waals surface area (Å²) in [5, 5.41) is 12.1. The molecule has 0 saturated heterocycles. The zero-order chi connectivity index (χ0) is 12.9. The van der Waals surface area contributed by atoms with Crippen molar-refractivity contribution in [2.24, 2.45) is 10.4 Å². The van der Waals surface area contributed by atoms with Crippen LogP contribution in [0.15, 0.2) is 59.1 Å². The number of hydrogen-bond acceptors (Lipinski definition) is 5. The molecule has 19 heavy (non-hydrogen) atoms. The molecule has 1 radical (unpaired) electrons. The molecule has 1 aromatic heterocycles. The normalized spacial score (nSPS) is 14.1. The highest BCUT2D eigenvalue weighted by molar-refractivity contribution is 5.44. The number of rotatable bonds is 4. The second-order valence-electron chi connectivity index (χ2n) is 4.28. The molecule has 0 unspecified atom stereocenters. The first-order chi connectivity index (χ1) is 9.42. The van der Waals surface area contributed by atoms with Gasteiger partial charge in [-0.05, 0) is 35.6 Å². The van der Waals surface area contributed by atoms with Crippen molar-refractivity contribution in [3.8, 4) is 0 Å². The number of hydrogen-bond donors (Lipinski definition) is 0. The maximum absolute atomic E-state index is 4.30. The van der Waals surface area contributed by atoms with Crippen LogP contribution in [0.1, 0.15) is 5.69 Å². The summed E-state index contributed by atoms with van der Waals surface area (Å²) < 4.78 is 0. The fraction of sp³-hybridized carbons (Fsp3) is 0.214. The Morgan fingerprint density at radius 1 is 1.16 bits per heavy atom. The first-order valence-corrected chi connectivity index (χ1v) is 6.22. The van der Waals surface area contributed by atoms with Crippen LogP contribution in [0.25, 0.3) is 0 Å². The van der Waals surface area contributed by atoms with Crippen molar-refractivity contribution < 1.29 is 0 Å². The topological polar surface area (TPSA) is 44.1 Å². The van der Waals surface area contributed by atoms with Crippen LogP contribution >= 0.6 is 0 Å². The lowest BCUT2D eigenvalue weighted by Gasteiger charge is -2.15. The molecule has 2 aromatic rings. The van der Waals surface area contributed by atoms with E-state index in [0.717, 1.165) is 24.3 Å². The molecule has 1 aliphatic heterocycles. The van der Waals surface area contributed by atoms with Gasteiger partial charge >= 0.3 is 0 Å². The van der Waals surface area contributed by atoms with Gasteiger partial charge in [0.15, 0.2) is 0 Å². The van der Waals surface area contributed by atoms with Crippen molar-refractivity contribution in [1.29, 1.82) is 0 Å². The van der Waals surface area contributed by atoms with Crippen molar-refractivity contribution in [3.05, 3.63) is 60.4 Å². The van der Waals surface area contributed by atoms with Gasteiger partial charge in [0.1, 0.15) is 6.67 Å². The minimum absolute atomic E-state index is 0.671. The Bertz CT molecular complexity index is 540. The van der Waals surface area contributed by atoms with Gasteiger partial charge in [-0.15, -0.1) is 0 Å². The van der Waals surface area contributed by atoms with Gasteiger partial charge in [-0.1, -0.05) is 23.4 Å². The molecule has 0 N–H and O–H groups in total. The van der Waals surface area contributed by atoms with E-state index in [1.807, 2.05) is 58.7 Å². The molecule has 0 saturated carbocycles. The van der Waals surface area contributed by atoms with Crippen molar-refractivity contribution in [3.63, 3.8) is 0 Å². The minimum Gasteiger partial charge on any atom is -0.261 e. The maximum Gasteiger partial charge on any atom is 0.132 e. The smallest absolute Gasteiger partial charge is 0.132 e. The highest BCUT2D eigenvalue weighted by atomic mass is 15.8. The van der Waals surface area contributed by atoms with E-state index >= 15 is 0 Å². The second-order valence-corrected chi connectivity index (χ2v) is 4.28. The van der Waals surface area contributed by atoms with Crippen LogP contribution in [-0.2, 0) is 6.42 Å². The first-order valence-electron chi connectivity index (χ1n) is 6.22. The highest BCUT2D eigenvalue weighted by Crippen LogP contribution is 2.18. The molecule has 0 fully saturated rings. The fourth-order valence-corrected chi connectivity index (χ4v) is 1.90. The van der Waals surface area contributed by atoms with Crippen LogP contribution in [0.2, 0.25) is 0 Å². The van der Waals surface area contributed by atoms with Gasteiger partial charge < -0.3 is 0 Å². The van der Waals surface area contributed by atoms with Gasteiger partial charge in [0.25, 0.3) is 0 Å². The third-order valence-electron chi connectivity index (χ3n) is 2.91. The van der Waals surface area contributed by atoms with Gasteiger partial charge in [-0.25, -0.2) is 5.01 Å². The van der Waals surface area contributed by atoms with Crippen LogP contribution in [0.5, 0.6) is 0 Å². The molecule has 0 amide bonds. The number of aromatic nitrogens is 1. The third kappa shape index (κ3) is 2.88. The van der Waals surface area contributed by atoms with Crippen molar-refractivity contribution >= 4 is 5.69 Å². The van der Waals surface area contributed by atoms with Crippen LogP contribution in [0.3, 0.4) is 0 Å². The monoisotopic (exact) mass is 252 g/mol. The van der Waals surface area contributed by atoms with E-state index in [4.69, 9.17) is 0 Å². The predicted molar refractivity (Wildman–Crippen MR) is 72.1 cm³/mol. The van der Waals surface area contributed by atoms with E-state index in [2.05, 4.69) is 21.5 Å². The Balaban J connectivity index is 1.54. The summed E-state index contributed by atoms with van der Waals surface area (Å²) in [5.41, 5.74) is 2.08. The van der Waals surface area contributed by atoms with Gasteiger partial charge in [0.05, 0.1) is 5.69 Å².